The van der Waals surface area contributed by atoms with Crippen molar-refractivity contribution in [1.29, 1.82) is 0 Å². The van der Waals surface area contributed by atoms with Crippen LogP contribution in [-0.2, 0) is 9.84 Å². The summed E-state index contributed by atoms with van der Waals surface area (Å²) in [5.74, 6) is -1.11. The third-order valence-corrected chi connectivity index (χ3v) is 6.47. The smallest absolute Gasteiger partial charge is 0.190 e. The van der Waals surface area contributed by atoms with Crippen LogP contribution in [0.3, 0.4) is 0 Å². The van der Waals surface area contributed by atoms with E-state index in [0.29, 0.717) is 10.5 Å². The number of benzene rings is 1. The van der Waals surface area contributed by atoms with E-state index in [2.05, 4.69) is 4.98 Å². The Kier molecular flexibility index (Phi) is 4.15. The molecule has 1 aromatic carbocycles. The number of nitrogen functional groups attached to an aromatic ring is 1. The highest BCUT2D eigenvalue weighted by molar-refractivity contribution is 7.92. The van der Waals surface area contributed by atoms with Crippen LogP contribution in [0.1, 0.15) is 20.9 Å². The molecule has 0 saturated carbocycles. The zero-order chi connectivity index (χ0) is 17.5. The third-order valence-electron chi connectivity index (χ3n) is 3.70. The van der Waals surface area contributed by atoms with Crippen LogP contribution in [-0.4, -0.2) is 24.9 Å². The van der Waals surface area contributed by atoms with Gasteiger partial charge in [0, 0.05) is 11.1 Å². The summed E-state index contributed by atoms with van der Waals surface area (Å²) in [5.41, 5.74) is 8.17. The van der Waals surface area contributed by atoms with Crippen LogP contribution in [0.5, 0.6) is 0 Å². The van der Waals surface area contributed by atoms with Gasteiger partial charge < -0.3 is 5.73 Å². The van der Waals surface area contributed by atoms with E-state index in [9.17, 15) is 13.2 Å². The number of hydrogen-bond donors (Lipinski definition) is 1. The van der Waals surface area contributed by atoms with Crippen molar-refractivity contribution in [2.45, 2.75) is 18.7 Å². The molecule has 0 spiro atoms. The summed E-state index contributed by atoms with van der Waals surface area (Å²) in [5, 5.41) is 0.728. The van der Waals surface area contributed by atoms with Crippen LogP contribution in [0.15, 0.2) is 41.3 Å². The molecule has 0 aliphatic rings. The number of fused-ring (bicyclic) bond motifs is 1. The molecule has 3 rings (SSSR count). The van der Waals surface area contributed by atoms with Crippen LogP contribution in [0.4, 0.5) is 5.69 Å². The summed E-state index contributed by atoms with van der Waals surface area (Å²) in [6.45, 7) is 3.76. The number of carbonyl (C=O) groups is 1. The molecule has 2 aromatic heterocycles. The van der Waals surface area contributed by atoms with Gasteiger partial charge in [0.1, 0.15) is 10.6 Å². The molecule has 7 heteroatoms. The Morgan fingerprint density at radius 1 is 1.21 bits per heavy atom. The largest absolute Gasteiger partial charge is 0.397 e. The number of sulfone groups is 1. The number of Topliss-reactive ketones (excluding diaryl/α,β-unsaturated/α-hetero) is 1. The zero-order valence-corrected chi connectivity index (χ0v) is 14.9. The van der Waals surface area contributed by atoms with Crippen molar-refractivity contribution < 1.29 is 13.2 Å². The van der Waals surface area contributed by atoms with Gasteiger partial charge in [0.25, 0.3) is 0 Å². The number of ketones is 1. The molecule has 5 nitrogen and oxygen atoms in total. The molecular weight excluding hydrogens is 344 g/mol. The van der Waals surface area contributed by atoms with Gasteiger partial charge in [0.15, 0.2) is 15.6 Å². The number of rotatable bonds is 4. The summed E-state index contributed by atoms with van der Waals surface area (Å²) in [4.78, 5) is 18.0. The number of nitrogens with two attached hydrogens (primary N) is 1. The molecule has 0 bridgehead atoms. The molecule has 0 aliphatic carbocycles. The average Bonchev–Trinajstić information content (AvgIpc) is 2.84. The van der Waals surface area contributed by atoms with Crippen molar-refractivity contribution in [3.05, 3.63) is 52.5 Å². The Morgan fingerprint density at radius 3 is 2.54 bits per heavy atom. The van der Waals surface area contributed by atoms with Crippen molar-refractivity contribution in [1.82, 2.24) is 4.98 Å². The van der Waals surface area contributed by atoms with E-state index in [1.165, 1.54) is 12.1 Å². The van der Waals surface area contributed by atoms with E-state index < -0.39 is 21.4 Å². The molecule has 0 unspecified atom stereocenters. The van der Waals surface area contributed by atoms with Gasteiger partial charge in [-0.15, -0.1) is 11.3 Å². The zero-order valence-electron chi connectivity index (χ0n) is 13.2. The lowest BCUT2D eigenvalue weighted by molar-refractivity contribution is 0.102. The van der Waals surface area contributed by atoms with Crippen molar-refractivity contribution in [2.24, 2.45) is 0 Å². The summed E-state index contributed by atoms with van der Waals surface area (Å²) < 4.78 is 24.8. The fraction of sp³-hybridized carbons (Fsp3) is 0.176. The molecule has 124 valence electrons. The summed E-state index contributed by atoms with van der Waals surface area (Å²) in [6, 6.07) is 9.82. The van der Waals surface area contributed by atoms with E-state index in [4.69, 9.17) is 5.73 Å². The van der Waals surface area contributed by atoms with Gasteiger partial charge >= 0.3 is 0 Å². The van der Waals surface area contributed by atoms with Gasteiger partial charge in [-0.05, 0) is 37.6 Å². The minimum absolute atomic E-state index is 0.128. The molecule has 2 N–H and O–H groups in total. The average molecular weight is 360 g/mol. The van der Waals surface area contributed by atoms with Gasteiger partial charge in [0.05, 0.1) is 15.5 Å². The van der Waals surface area contributed by atoms with Crippen LogP contribution < -0.4 is 5.73 Å². The predicted octanol–water partition coefficient (Wildman–Crippen LogP) is 3.15. The normalized spacial score (nSPS) is 11.8. The maximum atomic E-state index is 12.5. The van der Waals surface area contributed by atoms with Crippen molar-refractivity contribution in [2.75, 3.05) is 11.5 Å². The minimum Gasteiger partial charge on any atom is -0.397 e. The van der Waals surface area contributed by atoms with E-state index in [-0.39, 0.29) is 9.77 Å². The lowest BCUT2D eigenvalue weighted by Crippen LogP contribution is -2.16. The number of anilines is 1. The molecule has 3 aromatic rings. The SMILES string of the molecule is Cc1cc(C)c2c(N)c(C(=O)CS(=O)(=O)c3ccccc3)sc2n1. The number of carbonyl (C=O) groups excluding carboxylic acids is 1. The lowest BCUT2D eigenvalue weighted by Gasteiger charge is -2.03. The number of aryl methyl sites for hydroxylation is 2. The Hall–Kier alpha value is -2.25. The number of hydrogen-bond acceptors (Lipinski definition) is 6. The van der Waals surface area contributed by atoms with Gasteiger partial charge in [-0.2, -0.15) is 0 Å². The molecular formula is C17H16N2O3S2. The second-order valence-corrected chi connectivity index (χ2v) is 8.59. The Morgan fingerprint density at radius 2 is 1.88 bits per heavy atom. The monoisotopic (exact) mass is 360 g/mol. The van der Waals surface area contributed by atoms with E-state index in [1.807, 2.05) is 19.9 Å². The molecule has 0 fully saturated rings. The Labute approximate surface area is 144 Å². The molecule has 0 amide bonds. The number of pyridine rings is 1. The second kappa shape index (κ2) is 5.99. The van der Waals surface area contributed by atoms with Crippen LogP contribution >= 0.6 is 11.3 Å². The van der Waals surface area contributed by atoms with Crippen LogP contribution in [0.2, 0.25) is 0 Å². The predicted molar refractivity (Wildman–Crippen MR) is 96.3 cm³/mol. The minimum atomic E-state index is -3.70. The van der Waals surface area contributed by atoms with E-state index in [1.54, 1.807) is 18.2 Å². The first-order valence-electron chi connectivity index (χ1n) is 7.27. The maximum Gasteiger partial charge on any atom is 0.190 e. The van der Waals surface area contributed by atoms with E-state index in [0.717, 1.165) is 28.0 Å². The summed E-state index contributed by atoms with van der Waals surface area (Å²) in [6.07, 6.45) is 0. The first kappa shape index (κ1) is 16.6. The molecule has 0 atom stereocenters. The van der Waals surface area contributed by atoms with Crippen molar-refractivity contribution >= 4 is 42.9 Å². The first-order valence-corrected chi connectivity index (χ1v) is 9.73. The molecule has 0 radical (unpaired) electrons. The standard InChI is InChI=1S/C17H16N2O3S2/c1-10-8-11(2)19-17-14(10)15(18)16(23-17)13(20)9-24(21,22)12-6-4-3-5-7-12/h3-8H,9,18H2,1-2H3. The summed E-state index contributed by atoms with van der Waals surface area (Å²) in [7, 11) is -3.70. The highest BCUT2D eigenvalue weighted by Gasteiger charge is 2.25. The third kappa shape index (κ3) is 2.92. The van der Waals surface area contributed by atoms with Crippen molar-refractivity contribution in [3.8, 4) is 0 Å². The van der Waals surface area contributed by atoms with Gasteiger partial charge in [-0.1, -0.05) is 18.2 Å². The van der Waals surface area contributed by atoms with Crippen LogP contribution in [0.25, 0.3) is 10.2 Å². The topological polar surface area (TPSA) is 90.1 Å². The molecule has 0 aliphatic heterocycles. The Bertz CT molecular complexity index is 1040. The Balaban J connectivity index is 2.01. The summed E-state index contributed by atoms with van der Waals surface area (Å²) >= 11 is 1.15. The fourth-order valence-electron chi connectivity index (χ4n) is 2.63. The van der Waals surface area contributed by atoms with Crippen molar-refractivity contribution in [3.63, 3.8) is 0 Å². The first-order chi connectivity index (χ1) is 11.3. The highest BCUT2D eigenvalue weighted by atomic mass is 32.2. The van der Waals surface area contributed by atoms with Gasteiger partial charge in [-0.25, -0.2) is 13.4 Å². The fourth-order valence-corrected chi connectivity index (χ4v) is 5.10. The van der Waals surface area contributed by atoms with Crippen LogP contribution in [0, 0.1) is 13.8 Å². The number of nitrogens with zero attached hydrogens (tertiary/aromatic N) is 1. The van der Waals surface area contributed by atoms with Gasteiger partial charge in [0.2, 0.25) is 0 Å². The quantitative estimate of drug-likeness (QED) is 0.722. The number of aromatic nitrogens is 1. The van der Waals surface area contributed by atoms with Gasteiger partial charge in [-0.3, -0.25) is 4.79 Å². The number of thiophene rings is 1. The second-order valence-electron chi connectivity index (χ2n) is 5.60. The lowest BCUT2D eigenvalue weighted by atomic mass is 10.1. The molecule has 0 saturated heterocycles. The maximum absolute atomic E-state index is 12.5. The molecule has 2 heterocycles. The highest BCUT2D eigenvalue weighted by Crippen LogP contribution is 2.35. The molecule has 24 heavy (non-hydrogen) atoms. The van der Waals surface area contributed by atoms with E-state index >= 15 is 0 Å².